The fourth-order valence-corrected chi connectivity index (χ4v) is 1.74. The van der Waals surface area contributed by atoms with Crippen LogP contribution in [0.15, 0.2) is 48.7 Å². The molecule has 5 heteroatoms. The molecule has 2 amide bonds. The van der Waals surface area contributed by atoms with Gasteiger partial charge in [-0.2, -0.15) is 0 Å². The maximum absolute atomic E-state index is 11.8. The maximum Gasteiger partial charge on any atom is 0.324 e. The molecule has 0 radical (unpaired) electrons. The molecule has 1 unspecified atom stereocenters. The average molecular weight is 270 g/mol. The number of nitrogens with one attached hydrogen (secondary N) is 3. The van der Waals surface area contributed by atoms with E-state index in [1.807, 2.05) is 37.4 Å². The number of aromatic nitrogens is 1. The van der Waals surface area contributed by atoms with Gasteiger partial charge in [-0.1, -0.05) is 18.2 Å². The second-order valence-corrected chi connectivity index (χ2v) is 4.43. The molecule has 0 fully saturated rings. The third-order valence-corrected chi connectivity index (χ3v) is 3.01. The van der Waals surface area contributed by atoms with Crippen LogP contribution in [0.4, 0.5) is 16.3 Å². The summed E-state index contributed by atoms with van der Waals surface area (Å²) in [7, 11) is 1.91. The van der Waals surface area contributed by atoms with E-state index in [-0.39, 0.29) is 12.1 Å². The Hall–Kier alpha value is -2.40. The lowest BCUT2D eigenvalue weighted by atomic mass is 10.1. The SMILES string of the molecule is CNC(C)c1ccc(NC(=O)Nc2ccccn2)cc1. The van der Waals surface area contributed by atoms with Crippen LogP contribution < -0.4 is 16.0 Å². The molecule has 0 bridgehead atoms. The van der Waals surface area contributed by atoms with E-state index in [0.29, 0.717) is 5.82 Å². The van der Waals surface area contributed by atoms with Crippen molar-refractivity contribution < 1.29 is 4.79 Å². The highest BCUT2D eigenvalue weighted by molar-refractivity contribution is 5.99. The Bertz CT molecular complexity index is 554. The highest BCUT2D eigenvalue weighted by atomic mass is 16.2. The molecule has 0 aliphatic rings. The zero-order valence-corrected chi connectivity index (χ0v) is 11.6. The molecule has 0 saturated heterocycles. The summed E-state index contributed by atoms with van der Waals surface area (Å²) in [6, 6.07) is 13.0. The third-order valence-electron chi connectivity index (χ3n) is 3.01. The normalized spacial score (nSPS) is 11.7. The van der Waals surface area contributed by atoms with Gasteiger partial charge in [-0.05, 0) is 43.8 Å². The van der Waals surface area contributed by atoms with E-state index in [9.17, 15) is 4.79 Å². The van der Waals surface area contributed by atoms with Gasteiger partial charge in [-0.15, -0.1) is 0 Å². The number of amides is 2. The van der Waals surface area contributed by atoms with Crippen LogP contribution in [0.25, 0.3) is 0 Å². The van der Waals surface area contributed by atoms with Gasteiger partial charge in [0.25, 0.3) is 0 Å². The van der Waals surface area contributed by atoms with Crippen LogP contribution in [-0.4, -0.2) is 18.1 Å². The summed E-state index contributed by atoms with van der Waals surface area (Å²) in [6.07, 6.45) is 1.63. The van der Waals surface area contributed by atoms with Crippen LogP contribution in [0, 0.1) is 0 Å². The Morgan fingerprint density at radius 1 is 1.10 bits per heavy atom. The van der Waals surface area contributed by atoms with E-state index in [4.69, 9.17) is 0 Å². The summed E-state index contributed by atoms with van der Waals surface area (Å²) in [4.78, 5) is 15.8. The van der Waals surface area contributed by atoms with Crippen molar-refractivity contribution in [2.45, 2.75) is 13.0 Å². The molecule has 1 aromatic carbocycles. The number of benzene rings is 1. The molecule has 0 aliphatic carbocycles. The van der Waals surface area contributed by atoms with Gasteiger partial charge in [0, 0.05) is 17.9 Å². The van der Waals surface area contributed by atoms with E-state index in [1.54, 1.807) is 18.3 Å². The predicted molar refractivity (Wildman–Crippen MR) is 80.8 cm³/mol. The first-order chi connectivity index (χ1) is 9.69. The quantitative estimate of drug-likeness (QED) is 0.800. The lowest BCUT2D eigenvalue weighted by Crippen LogP contribution is -2.20. The van der Waals surface area contributed by atoms with Crippen LogP contribution in [0.1, 0.15) is 18.5 Å². The van der Waals surface area contributed by atoms with Crippen LogP contribution in [0.2, 0.25) is 0 Å². The first kappa shape index (κ1) is 14.0. The fraction of sp³-hybridized carbons (Fsp3) is 0.200. The van der Waals surface area contributed by atoms with Crippen molar-refractivity contribution in [1.29, 1.82) is 0 Å². The maximum atomic E-state index is 11.8. The minimum atomic E-state index is -0.307. The highest BCUT2D eigenvalue weighted by Gasteiger charge is 2.05. The summed E-state index contributed by atoms with van der Waals surface area (Å²) >= 11 is 0. The molecule has 1 atom stereocenters. The van der Waals surface area contributed by atoms with Gasteiger partial charge in [-0.3, -0.25) is 5.32 Å². The number of pyridine rings is 1. The Morgan fingerprint density at radius 3 is 2.45 bits per heavy atom. The number of hydrogen-bond acceptors (Lipinski definition) is 3. The predicted octanol–water partition coefficient (Wildman–Crippen LogP) is 3.01. The first-order valence-corrected chi connectivity index (χ1v) is 6.45. The Kier molecular flexibility index (Phi) is 4.68. The van der Waals surface area contributed by atoms with Crippen molar-refractivity contribution in [3.63, 3.8) is 0 Å². The van der Waals surface area contributed by atoms with Crippen LogP contribution in [0.3, 0.4) is 0 Å². The average Bonchev–Trinajstić information content (AvgIpc) is 2.48. The van der Waals surface area contributed by atoms with Gasteiger partial charge in [0.15, 0.2) is 0 Å². The van der Waals surface area contributed by atoms with Crippen molar-refractivity contribution in [2.75, 3.05) is 17.7 Å². The molecule has 2 rings (SSSR count). The second-order valence-electron chi connectivity index (χ2n) is 4.43. The van der Waals surface area contributed by atoms with Gasteiger partial charge >= 0.3 is 6.03 Å². The first-order valence-electron chi connectivity index (χ1n) is 6.45. The van der Waals surface area contributed by atoms with Crippen LogP contribution >= 0.6 is 0 Å². The van der Waals surface area contributed by atoms with E-state index in [2.05, 4.69) is 27.9 Å². The molecule has 1 aromatic heterocycles. The summed E-state index contributed by atoms with van der Waals surface area (Å²) < 4.78 is 0. The molecule has 3 N–H and O–H groups in total. The summed E-state index contributed by atoms with van der Waals surface area (Å²) in [5.74, 6) is 0.519. The van der Waals surface area contributed by atoms with Gasteiger partial charge in [0.05, 0.1) is 0 Å². The van der Waals surface area contributed by atoms with Gasteiger partial charge in [0.1, 0.15) is 5.82 Å². The Balaban J connectivity index is 1.94. The Labute approximate surface area is 118 Å². The molecule has 20 heavy (non-hydrogen) atoms. The smallest absolute Gasteiger partial charge is 0.313 e. The Morgan fingerprint density at radius 2 is 1.85 bits per heavy atom. The molecule has 0 saturated carbocycles. The van der Waals surface area contributed by atoms with E-state index in [0.717, 1.165) is 5.69 Å². The molecule has 104 valence electrons. The minimum Gasteiger partial charge on any atom is -0.313 e. The number of carbonyl (C=O) groups excluding carboxylic acids is 1. The number of hydrogen-bond donors (Lipinski definition) is 3. The molecular weight excluding hydrogens is 252 g/mol. The molecule has 1 heterocycles. The van der Waals surface area contributed by atoms with Crippen LogP contribution in [0.5, 0.6) is 0 Å². The van der Waals surface area contributed by atoms with E-state index >= 15 is 0 Å². The number of nitrogens with zero attached hydrogens (tertiary/aromatic N) is 1. The minimum absolute atomic E-state index is 0.284. The number of anilines is 2. The van der Waals surface area contributed by atoms with Crippen molar-refractivity contribution in [3.8, 4) is 0 Å². The number of urea groups is 1. The van der Waals surface area contributed by atoms with Gasteiger partial charge < -0.3 is 10.6 Å². The summed E-state index contributed by atoms with van der Waals surface area (Å²) in [6.45, 7) is 2.08. The molecule has 0 aliphatic heterocycles. The lowest BCUT2D eigenvalue weighted by Gasteiger charge is -2.12. The summed E-state index contributed by atoms with van der Waals surface area (Å²) in [5.41, 5.74) is 1.91. The van der Waals surface area contributed by atoms with Crippen molar-refractivity contribution >= 4 is 17.5 Å². The number of rotatable bonds is 4. The van der Waals surface area contributed by atoms with Gasteiger partial charge in [0.2, 0.25) is 0 Å². The largest absolute Gasteiger partial charge is 0.324 e. The second kappa shape index (κ2) is 6.68. The zero-order valence-electron chi connectivity index (χ0n) is 11.6. The number of carbonyl (C=O) groups is 1. The molecule has 5 nitrogen and oxygen atoms in total. The topological polar surface area (TPSA) is 66.0 Å². The van der Waals surface area contributed by atoms with Crippen molar-refractivity contribution in [3.05, 3.63) is 54.2 Å². The van der Waals surface area contributed by atoms with Crippen LogP contribution in [-0.2, 0) is 0 Å². The fourth-order valence-electron chi connectivity index (χ4n) is 1.74. The zero-order chi connectivity index (χ0) is 14.4. The van der Waals surface area contributed by atoms with E-state index in [1.165, 1.54) is 5.56 Å². The van der Waals surface area contributed by atoms with Crippen molar-refractivity contribution in [1.82, 2.24) is 10.3 Å². The highest BCUT2D eigenvalue weighted by Crippen LogP contribution is 2.15. The van der Waals surface area contributed by atoms with Gasteiger partial charge in [-0.25, -0.2) is 9.78 Å². The van der Waals surface area contributed by atoms with Crippen molar-refractivity contribution in [2.24, 2.45) is 0 Å². The monoisotopic (exact) mass is 270 g/mol. The summed E-state index contributed by atoms with van der Waals surface area (Å²) in [5, 5.41) is 8.60. The lowest BCUT2D eigenvalue weighted by molar-refractivity contribution is 0.262. The third kappa shape index (κ3) is 3.80. The molecule has 2 aromatic rings. The molecule has 0 spiro atoms. The van der Waals surface area contributed by atoms with E-state index < -0.39 is 0 Å². The molecular formula is C15H18N4O. The standard InChI is InChI=1S/C15H18N4O/c1-11(16-2)12-6-8-13(9-7-12)18-15(20)19-14-5-3-4-10-17-14/h3-11,16H,1-2H3,(H2,17,18,19,20).